The summed E-state index contributed by atoms with van der Waals surface area (Å²) in [5.41, 5.74) is 0.821. The van der Waals surface area contributed by atoms with E-state index < -0.39 is 11.9 Å². The molecule has 0 bridgehead atoms. The maximum atomic E-state index is 10.7. The SMILES string of the molecule is CSc1ccc(C(C)C(=O)O)cc1Br. The van der Waals surface area contributed by atoms with Crippen LogP contribution in [0.25, 0.3) is 0 Å². The van der Waals surface area contributed by atoms with Gasteiger partial charge in [0.1, 0.15) is 0 Å². The Hall–Kier alpha value is -0.480. The highest BCUT2D eigenvalue weighted by atomic mass is 79.9. The van der Waals surface area contributed by atoms with Crippen LogP contribution >= 0.6 is 27.7 Å². The molecule has 1 aromatic carbocycles. The van der Waals surface area contributed by atoms with E-state index in [4.69, 9.17) is 5.11 Å². The van der Waals surface area contributed by atoms with Crippen molar-refractivity contribution in [1.29, 1.82) is 0 Å². The molecule has 1 aromatic rings. The van der Waals surface area contributed by atoms with Crippen LogP contribution < -0.4 is 0 Å². The summed E-state index contributed by atoms with van der Waals surface area (Å²) >= 11 is 5.04. The average Bonchev–Trinajstić information content (AvgIpc) is 2.16. The molecular weight excluding hydrogens is 264 g/mol. The second-order valence-corrected chi connectivity index (χ2v) is 4.66. The Morgan fingerprint density at radius 1 is 1.57 bits per heavy atom. The highest BCUT2D eigenvalue weighted by Gasteiger charge is 2.14. The van der Waals surface area contributed by atoms with E-state index >= 15 is 0 Å². The molecule has 1 rings (SSSR count). The molecule has 0 aliphatic rings. The van der Waals surface area contributed by atoms with E-state index in [2.05, 4.69) is 15.9 Å². The number of halogens is 1. The van der Waals surface area contributed by atoms with Crippen molar-refractivity contribution in [2.75, 3.05) is 6.26 Å². The minimum Gasteiger partial charge on any atom is -0.481 e. The van der Waals surface area contributed by atoms with Crippen LogP contribution in [0.2, 0.25) is 0 Å². The zero-order valence-corrected chi connectivity index (χ0v) is 10.4. The molecule has 0 amide bonds. The van der Waals surface area contributed by atoms with Crippen molar-refractivity contribution in [3.05, 3.63) is 28.2 Å². The van der Waals surface area contributed by atoms with Crippen molar-refractivity contribution in [2.45, 2.75) is 17.7 Å². The van der Waals surface area contributed by atoms with Crippen LogP contribution in [0, 0.1) is 0 Å². The molecule has 0 heterocycles. The molecule has 2 nitrogen and oxygen atoms in total. The summed E-state index contributed by atoms with van der Waals surface area (Å²) in [6.45, 7) is 1.68. The molecule has 1 unspecified atom stereocenters. The molecule has 1 N–H and O–H groups in total. The Bertz CT molecular complexity index is 352. The minimum atomic E-state index is -0.797. The van der Waals surface area contributed by atoms with Crippen molar-refractivity contribution in [3.63, 3.8) is 0 Å². The van der Waals surface area contributed by atoms with E-state index in [1.807, 2.05) is 24.5 Å². The fraction of sp³-hybridized carbons (Fsp3) is 0.300. The van der Waals surface area contributed by atoms with Gasteiger partial charge >= 0.3 is 5.97 Å². The zero-order chi connectivity index (χ0) is 10.7. The van der Waals surface area contributed by atoms with Crippen LogP contribution in [-0.2, 0) is 4.79 Å². The first-order valence-electron chi connectivity index (χ1n) is 4.12. The highest BCUT2D eigenvalue weighted by molar-refractivity contribution is 9.10. The summed E-state index contributed by atoms with van der Waals surface area (Å²) < 4.78 is 0.954. The molecule has 0 fully saturated rings. The lowest BCUT2D eigenvalue weighted by atomic mass is 10.0. The molecule has 0 aromatic heterocycles. The smallest absolute Gasteiger partial charge is 0.310 e. The highest BCUT2D eigenvalue weighted by Crippen LogP contribution is 2.29. The molecular formula is C10H11BrO2S. The van der Waals surface area contributed by atoms with Crippen LogP contribution in [0.5, 0.6) is 0 Å². The van der Waals surface area contributed by atoms with Gasteiger partial charge in [0, 0.05) is 9.37 Å². The lowest BCUT2D eigenvalue weighted by molar-refractivity contribution is -0.138. The van der Waals surface area contributed by atoms with Gasteiger partial charge in [-0.3, -0.25) is 4.79 Å². The number of hydrogen-bond donors (Lipinski definition) is 1. The van der Waals surface area contributed by atoms with Crippen LogP contribution in [0.15, 0.2) is 27.6 Å². The number of hydrogen-bond acceptors (Lipinski definition) is 2. The van der Waals surface area contributed by atoms with Crippen LogP contribution in [0.3, 0.4) is 0 Å². The van der Waals surface area contributed by atoms with Crippen molar-refractivity contribution >= 4 is 33.7 Å². The summed E-state index contributed by atoms with van der Waals surface area (Å²) in [6, 6.07) is 5.66. The predicted octanol–water partition coefficient (Wildman–Crippen LogP) is 3.36. The number of rotatable bonds is 3. The van der Waals surface area contributed by atoms with Gasteiger partial charge < -0.3 is 5.11 Å². The molecule has 76 valence electrons. The summed E-state index contributed by atoms with van der Waals surface area (Å²) in [7, 11) is 0. The van der Waals surface area contributed by atoms with Gasteiger partial charge in [0.2, 0.25) is 0 Å². The first-order valence-corrected chi connectivity index (χ1v) is 6.14. The summed E-state index contributed by atoms with van der Waals surface area (Å²) in [6.07, 6.45) is 1.99. The normalized spacial score (nSPS) is 12.5. The lowest BCUT2D eigenvalue weighted by Gasteiger charge is -2.08. The quantitative estimate of drug-likeness (QED) is 0.859. The van der Waals surface area contributed by atoms with E-state index in [1.54, 1.807) is 18.7 Å². The number of carbonyl (C=O) groups is 1. The number of carboxylic acids is 1. The third kappa shape index (κ3) is 2.51. The van der Waals surface area contributed by atoms with Gasteiger partial charge in [0.15, 0.2) is 0 Å². The van der Waals surface area contributed by atoms with Gasteiger partial charge in [-0.2, -0.15) is 0 Å². The molecule has 0 saturated carbocycles. The van der Waals surface area contributed by atoms with Gasteiger partial charge in [0.25, 0.3) is 0 Å². The van der Waals surface area contributed by atoms with Crippen LogP contribution in [0.1, 0.15) is 18.4 Å². The Morgan fingerprint density at radius 2 is 2.21 bits per heavy atom. The van der Waals surface area contributed by atoms with Crippen LogP contribution in [0.4, 0.5) is 0 Å². The largest absolute Gasteiger partial charge is 0.481 e. The molecule has 0 aliphatic heterocycles. The number of carboxylic acid groups (broad SMARTS) is 1. The number of aliphatic carboxylic acids is 1. The fourth-order valence-corrected chi connectivity index (χ4v) is 2.43. The third-order valence-electron chi connectivity index (χ3n) is 2.05. The second kappa shape index (κ2) is 4.84. The minimum absolute atomic E-state index is 0.456. The van der Waals surface area contributed by atoms with Crippen molar-refractivity contribution in [3.8, 4) is 0 Å². The van der Waals surface area contributed by atoms with E-state index in [-0.39, 0.29) is 0 Å². The van der Waals surface area contributed by atoms with Crippen molar-refractivity contribution < 1.29 is 9.90 Å². The van der Waals surface area contributed by atoms with E-state index in [0.717, 1.165) is 14.9 Å². The molecule has 4 heteroatoms. The lowest BCUT2D eigenvalue weighted by Crippen LogP contribution is -2.07. The van der Waals surface area contributed by atoms with Gasteiger partial charge in [-0.15, -0.1) is 11.8 Å². The zero-order valence-electron chi connectivity index (χ0n) is 7.95. The third-order valence-corrected chi connectivity index (χ3v) is 3.76. The first-order chi connectivity index (χ1) is 6.56. The maximum absolute atomic E-state index is 10.7. The maximum Gasteiger partial charge on any atom is 0.310 e. The average molecular weight is 275 g/mol. The van der Waals surface area contributed by atoms with E-state index in [0.29, 0.717) is 0 Å². The molecule has 0 radical (unpaired) electrons. The topological polar surface area (TPSA) is 37.3 Å². The fourth-order valence-electron chi connectivity index (χ4n) is 1.09. The standard InChI is InChI=1S/C10H11BrO2S/c1-6(10(12)13)7-3-4-9(14-2)8(11)5-7/h3-6H,1-2H3,(H,12,13). The van der Waals surface area contributed by atoms with Gasteiger partial charge in [-0.05, 0) is 46.8 Å². The van der Waals surface area contributed by atoms with Crippen LogP contribution in [-0.4, -0.2) is 17.3 Å². The Kier molecular flexibility index (Phi) is 4.01. The summed E-state index contributed by atoms with van der Waals surface area (Å²) in [5, 5.41) is 8.83. The first kappa shape index (κ1) is 11.6. The molecule has 0 aliphatic carbocycles. The number of benzene rings is 1. The predicted molar refractivity (Wildman–Crippen MR) is 62.0 cm³/mol. The van der Waals surface area contributed by atoms with Crippen molar-refractivity contribution in [1.82, 2.24) is 0 Å². The van der Waals surface area contributed by atoms with Gasteiger partial charge in [0.05, 0.1) is 5.92 Å². The molecule has 1 atom stereocenters. The summed E-state index contributed by atoms with van der Waals surface area (Å²) in [4.78, 5) is 11.9. The molecule has 14 heavy (non-hydrogen) atoms. The molecule has 0 saturated heterocycles. The van der Waals surface area contributed by atoms with Gasteiger partial charge in [-0.1, -0.05) is 6.07 Å². The second-order valence-electron chi connectivity index (χ2n) is 2.95. The summed E-state index contributed by atoms with van der Waals surface area (Å²) in [5.74, 6) is -1.25. The van der Waals surface area contributed by atoms with E-state index in [9.17, 15) is 4.79 Å². The van der Waals surface area contributed by atoms with Gasteiger partial charge in [-0.25, -0.2) is 0 Å². The Morgan fingerprint density at radius 3 is 2.64 bits per heavy atom. The van der Waals surface area contributed by atoms with E-state index in [1.165, 1.54) is 0 Å². The monoisotopic (exact) mass is 274 g/mol. The molecule has 0 spiro atoms. The van der Waals surface area contributed by atoms with Crippen molar-refractivity contribution in [2.24, 2.45) is 0 Å². The Balaban J connectivity index is 3.02. The number of thioether (sulfide) groups is 1. The Labute approximate surface area is 95.8 Å².